The van der Waals surface area contributed by atoms with Crippen LogP contribution in [0.4, 0.5) is 20.2 Å². The third kappa shape index (κ3) is 5.15. The minimum absolute atomic E-state index is 0.104. The number of ether oxygens (including phenoxy) is 1. The molecule has 1 amide bonds. The van der Waals surface area contributed by atoms with Crippen molar-refractivity contribution in [3.8, 4) is 11.5 Å². The molecule has 1 aromatic heterocycles. The summed E-state index contributed by atoms with van der Waals surface area (Å²) in [6, 6.07) is 10.9. The first kappa shape index (κ1) is 22.2. The Morgan fingerprint density at radius 3 is 2.61 bits per heavy atom. The summed E-state index contributed by atoms with van der Waals surface area (Å²) in [6.07, 6.45) is -2.88. The van der Waals surface area contributed by atoms with Gasteiger partial charge in [0.05, 0.1) is 27.4 Å². The van der Waals surface area contributed by atoms with Crippen molar-refractivity contribution in [2.24, 2.45) is 0 Å². The summed E-state index contributed by atoms with van der Waals surface area (Å²) in [5.74, 6) is 0.0177. The van der Waals surface area contributed by atoms with Crippen molar-refractivity contribution in [3.05, 3.63) is 74.6 Å². The number of aryl methyl sites for hydroxylation is 1. The summed E-state index contributed by atoms with van der Waals surface area (Å²) in [5.41, 5.74) is 0.221. The van der Waals surface area contributed by atoms with Crippen LogP contribution >= 0.6 is 11.6 Å². The van der Waals surface area contributed by atoms with Crippen LogP contribution in [0, 0.1) is 24.0 Å². The Bertz CT molecular complexity index is 1150. The number of rotatable bonds is 7. The van der Waals surface area contributed by atoms with Gasteiger partial charge in [0.25, 0.3) is 12.1 Å². The number of carbonyl (C=O) groups excluding carboxylic acids is 1. The number of nitrogens with zero attached hydrogens (tertiary/aromatic N) is 3. The fourth-order valence-corrected chi connectivity index (χ4v) is 3.01. The molecule has 0 atom stereocenters. The highest BCUT2D eigenvalue weighted by atomic mass is 35.5. The summed E-state index contributed by atoms with van der Waals surface area (Å²) >= 11 is 5.83. The number of anilines is 1. The summed E-state index contributed by atoms with van der Waals surface area (Å²) < 4.78 is 32.7. The maximum atomic E-state index is 12.9. The molecule has 3 aromatic rings. The predicted molar refractivity (Wildman–Crippen MR) is 110 cm³/mol. The molecular formula is C20H17ClF2N4O4. The van der Waals surface area contributed by atoms with Crippen LogP contribution in [0.25, 0.3) is 0 Å². The SMILES string of the molecule is Cc1ccccc1Oc1cc(NC(=O)Cn2nc(C(F)F)c(Cl)c2C)cc([N+](=O)[O-])c1. The van der Waals surface area contributed by atoms with E-state index in [-0.39, 0.29) is 27.8 Å². The first-order chi connectivity index (χ1) is 14.7. The molecule has 2 aromatic carbocycles. The van der Waals surface area contributed by atoms with Crippen LogP contribution in [0.1, 0.15) is 23.4 Å². The highest BCUT2D eigenvalue weighted by molar-refractivity contribution is 6.31. The molecule has 0 saturated carbocycles. The van der Waals surface area contributed by atoms with E-state index in [1.54, 1.807) is 12.1 Å². The largest absolute Gasteiger partial charge is 0.457 e. The van der Waals surface area contributed by atoms with Crippen LogP contribution in [0.15, 0.2) is 42.5 Å². The number of alkyl halides is 2. The molecule has 0 spiro atoms. The normalized spacial score (nSPS) is 10.9. The third-order valence-electron chi connectivity index (χ3n) is 4.37. The molecule has 0 aliphatic heterocycles. The second kappa shape index (κ2) is 9.09. The van der Waals surface area contributed by atoms with E-state index in [1.807, 2.05) is 19.1 Å². The topological polar surface area (TPSA) is 99.3 Å². The van der Waals surface area contributed by atoms with Gasteiger partial charge >= 0.3 is 0 Å². The number of carbonyl (C=O) groups is 1. The van der Waals surface area contributed by atoms with E-state index in [0.29, 0.717) is 5.75 Å². The van der Waals surface area contributed by atoms with Gasteiger partial charge in [-0.1, -0.05) is 29.8 Å². The molecular weight excluding hydrogens is 434 g/mol. The minimum Gasteiger partial charge on any atom is -0.457 e. The van der Waals surface area contributed by atoms with Gasteiger partial charge in [0.1, 0.15) is 23.7 Å². The Morgan fingerprint density at radius 1 is 1.29 bits per heavy atom. The fraction of sp³-hybridized carbons (Fsp3) is 0.200. The number of hydrogen-bond donors (Lipinski definition) is 1. The molecule has 0 radical (unpaired) electrons. The zero-order chi connectivity index (χ0) is 22.7. The molecule has 0 saturated heterocycles. The highest BCUT2D eigenvalue weighted by Crippen LogP contribution is 2.31. The summed E-state index contributed by atoms with van der Waals surface area (Å²) in [5, 5.41) is 17.2. The van der Waals surface area contributed by atoms with E-state index in [9.17, 15) is 23.7 Å². The van der Waals surface area contributed by atoms with Gasteiger partial charge in [-0.2, -0.15) is 5.10 Å². The Kier molecular flexibility index (Phi) is 6.50. The first-order valence-electron chi connectivity index (χ1n) is 8.99. The number of hydrogen-bond acceptors (Lipinski definition) is 5. The maximum Gasteiger partial charge on any atom is 0.283 e. The van der Waals surface area contributed by atoms with Crippen LogP contribution in [-0.2, 0) is 11.3 Å². The molecule has 162 valence electrons. The van der Waals surface area contributed by atoms with E-state index in [2.05, 4.69) is 10.4 Å². The lowest BCUT2D eigenvalue weighted by atomic mass is 10.2. The molecule has 8 nitrogen and oxygen atoms in total. The third-order valence-corrected chi connectivity index (χ3v) is 4.83. The lowest BCUT2D eigenvalue weighted by molar-refractivity contribution is -0.384. The minimum atomic E-state index is -2.88. The zero-order valence-corrected chi connectivity index (χ0v) is 17.2. The second-order valence-electron chi connectivity index (χ2n) is 6.63. The van der Waals surface area contributed by atoms with Gasteiger partial charge in [-0.15, -0.1) is 0 Å². The van der Waals surface area contributed by atoms with Crippen LogP contribution in [-0.4, -0.2) is 20.6 Å². The molecule has 31 heavy (non-hydrogen) atoms. The number of para-hydroxylation sites is 1. The maximum absolute atomic E-state index is 12.9. The van der Waals surface area contributed by atoms with Crippen LogP contribution in [0.3, 0.4) is 0 Å². The predicted octanol–water partition coefficient (Wildman–Crippen LogP) is 5.43. The quantitative estimate of drug-likeness (QED) is 0.382. The van der Waals surface area contributed by atoms with Crippen molar-refractivity contribution >= 4 is 28.9 Å². The molecule has 3 rings (SSSR count). The van der Waals surface area contributed by atoms with Crippen molar-refractivity contribution in [2.45, 2.75) is 26.8 Å². The van der Waals surface area contributed by atoms with Crippen molar-refractivity contribution in [3.63, 3.8) is 0 Å². The Balaban J connectivity index is 1.83. The standard InChI is InChI=1S/C20H17ClF2N4O4/c1-11-5-3-4-6-16(11)31-15-8-13(7-14(9-15)27(29)30)24-17(28)10-26-12(2)18(21)19(25-26)20(22)23/h3-9,20H,10H2,1-2H3,(H,24,28). The number of amides is 1. The van der Waals surface area contributed by atoms with Gasteiger partial charge in [0.2, 0.25) is 5.91 Å². The average molecular weight is 451 g/mol. The smallest absolute Gasteiger partial charge is 0.283 e. The summed E-state index contributed by atoms with van der Waals surface area (Å²) in [6.45, 7) is 2.87. The van der Waals surface area contributed by atoms with E-state index in [4.69, 9.17) is 16.3 Å². The van der Waals surface area contributed by atoms with Gasteiger partial charge in [0.15, 0.2) is 0 Å². The van der Waals surface area contributed by atoms with Crippen LogP contribution < -0.4 is 10.1 Å². The van der Waals surface area contributed by atoms with Crippen LogP contribution in [0.5, 0.6) is 11.5 Å². The molecule has 0 bridgehead atoms. The van der Waals surface area contributed by atoms with Gasteiger partial charge in [-0.25, -0.2) is 8.78 Å². The Morgan fingerprint density at radius 2 is 2.00 bits per heavy atom. The van der Waals surface area contributed by atoms with Crippen molar-refractivity contribution in [2.75, 3.05) is 5.32 Å². The molecule has 0 aliphatic rings. The van der Waals surface area contributed by atoms with Crippen molar-refractivity contribution in [1.82, 2.24) is 9.78 Å². The lowest BCUT2D eigenvalue weighted by Crippen LogP contribution is -2.20. The second-order valence-corrected chi connectivity index (χ2v) is 7.01. The van der Waals surface area contributed by atoms with Crippen LogP contribution in [0.2, 0.25) is 5.02 Å². The monoisotopic (exact) mass is 450 g/mol. The van der Waals surface area contributed by atoms with Crippen molar-refractivity contribution < 1.29 is 23.2 Å². The number of benzene rings is 2. The first-order valence-corrected chi connectivity index (χ1v) is 9.37. The lowest BCUT2D eigenvalue weighted by Gasteiger charge is -2.11. The number of non-ortho nitro benzene ring substituents is 1. The zero-order valence-electron chi connectivity index (χ0n) is 16.4. The highest BCUT2D eigenvalue weighted by Gasteiger charge is 2.22. The number of nitro groups is 1. The number of aromatic nitrogens is 2. The average Bonchev–Trinajstić information content (AvgIpc) is 2.98. The van der Waals surface area contributed by atoms with E-state index >= 15 is 0 Å². The van der Waals surface area contributed by atoms with Gasteiger partial charge in [-0.05, 0) is 25.5 Å². The van der Waals surface area contributed by atoms with Crippen molar-refractivity contribution in [1.29, 1.82) is 0 Å². The molecule has 0 fully saturated rings. The summed E-state index contributed by atoms with van der Waals surface area (Å²) in [4.78, 5) is 23.1. The Hall–Kier alpha value is -3.53. The molecule has 1 N–H and O–H groups in total. The summed E-state index contributed by atoms with van der Waals surface area (Å²) in [7, 11) is 0. The number of nitrogens with one attached hydrogen (secondary N) is 1. The van der Waals surface area contributed by atoms with Gasteiger partial charge < -0.3 is 10.1 Å². The number of nitro benzene ring substituents is 1. The molecule has 11 heteroatoms. The van der Waals surface area contributed by atoms with E-state index in [0.717, 1.165) is 16.3 Å². The fourth-order valence-electron chi connectivity index (χ4n) is 2.80. The van der Waals surface area contributed by atoms with Gasteiger partial charge in [0, 0.05) is 12.1 Å². The molecule has 0 unspecified atom stereocenters. The van der Waals surface area contributed by atoms with E-state index < -0.39 is 29.5 Å². The molecule has 1 heterocycles. The van der Waals surface area contributed by atoms with Gasteiger partial charge in [-0.3, -0.25) is 19.6 Å². The molecule has 0 aliphatic carbocycles. The van der Waals surface area contributed by atoms with E-state index in [1.165, 1.54) is 19.1 Å². The Labute approximate surface area is 180 Å². The number of halogens is 3.